The molecule has 0 radical (unpaired) electrons. The molecule has 12 heteroatoms. The lowest BCUT2D eigenvalue weighted by atomic mass is 10.1. The van der Waals surface area contributed by atoms with Gasteiger partial charge in [0.25, 0.3) is 10.0 Å². The Morgan fingerprint density at radius 3 is 2.21 bits per heavy atom. The predicted octanol–water partition coefficient (Wildman–Crippen LogP) is 4.89. The van der Waals surface area contributed by atoms with Gasteiger partial charge in [-0.05, 0) is 81.8 Å². The van der Waals surface area contributed by atoms with E-state index >= 15 is 0 Å². The minimum absolute atomic E-state index is 0.0478. The zero-order valence-electron chi connectivity index (χ0n) is 23.8. The Labute approximate surface area is 253 Å². The van der Waals surface area contributed by atoms with E-state index in [0.717, 1.165) is 26.5 Å². The average Bonchev–Trinajstić information content (AvgIpc) is 2.94. The Bertz CT molecular complexity index is 1540. The summed E-state index contributed by atoms with van der Waals surface area (Å²) in [5.74, 6) is -0.914. The minimum Gasteiger partial charge on any atom is -0.486 e. The van der Waals surface area contributed by atoms with E-state index in [1.807, 2.05) is 45.0 Å². The number of benzene rings is 3. The van der Waals surface area contributed by atoms with Gasteiger partial charge in [-0.3, -0.25) is 13.9 Å². The summed E-state index contributed by atoms with van der Waals surface area (Å²) in [6, 6.07) is 15.3. The number of nitrogens with one attached hydrogen (secondary N) is 1. The number of ether oxygens (including phenoxy) is 2. The predicted molar refractivity (Wildman–Crippen MR) is 160 cm³/mol. The van der Waals surface area contributed by atoms with Crippen LogP contribution in [0.2, 0.25) is 0 Å². The van der Waals surface area contributed by atoms with Crippen molar-refractivity contribution >= 4 is 43.5 Å². The molecule has 9 nitrogen and oxygen atoms in total. The van der Waals surface area contributed by atoms with Gasteiger partial charge in [-0.25, -0.2) is 12.8 Å². The summed E-state index contributed by atoms with van der Waals surface area (Å²) in [5, 5.41) is 2.89. The Hall–Kier alpha value is -3.64. The molecular formula is C30H33BrFN3O6S. The SMILES string of the molecule is CC(C(=O)NC(C)(C)C)N(Cc1ccc(Br)cc1)C(=O)CN(c1ccc(F)cc1)S(=O)(=O)c1ccc2c(c1)OCCO2. The maximum Gasteiger partial charge on any atom is 0.264 e. The number of carbonyl (C=O) groups is 2. The number of hydrogen-bond acceptors (Lipinski definition) is 6. The fourth-order valence-electron chi connectivity index (χ4n) is 4.29. The fourth-order valence-corrected chi connectivity index (χ4v) is 5.99. The number of rotatable bonds is 9. The van der Waals surface area contributed by atoms with E-state index in [2.05, 4.69) is 21.2 Å². The Kier molecular flexibility index (Phi) is 9.47. The number of anilines is 1. The summed E-state index contributed by atoms with van der Waals surface area (Å²) in [6.07, 6.45) is 0. The van der Waals surface area contributed by atoms with Crippen molar-refractivity contribution in [2.75, 3.05) is 24.1 Å². The van der Waals surface area contributed by atoms with Crippen LogP contribution in [0.3, 0.4) is 0 Å². The van der Waals surface area contributed by atoms with Crippen LogP contribution in [0.5, 0.6) is 11.5 Å². The molecular weight excluding hydrogens is 629 g/mol. The first-order valence-electron chi connectivity index (χ1n) is 13.3. The number of amides is 2. The molecule has 4 rings (SSSR count). The second-order valence-electron chi connectivity index (χ2n) is 10.9. The van der Waals surface area contributed by atoms with E-state index in [9.17, 15) is 22.4 Å². The molecule has 224 valence electrons. The molecule has 1 heterocycles. The molecule has 3 aromatic carbocycles. The third-order valence-corrected chi connectivity index (χ3v) is 8.73. The number of sulfonamides is 1. The van der Waals surface area contributed by atoms with Gasteiger partial charge in [-0.2, -0.15) is 0 Å². The molecule has 42 heavy (non-hydrogen) atoms. The Morgan fingerprint density at radius 1 is 0.976 bits per heavy atom. The molecule has 1 atom stereocenters. The summed E-state index contributed by atoms with van der Waals surface area (Å²) >= 11 is 3.39. The van der Waals surface area contributed by atoms with Crippen LogP contribution >= 0.6 is 15.9 Å². The summed E-state index contributed by atoms with van der Waals surface area (Å²) in [5.41, 5.74) is 0.263. The van der Waals surface area contributed by atoms with Gasteiger partial charge in [0.15, 0.2) is 11.5 Å². The smallest absolute Gasteiger partial charge is 0.264 e. The standard InChI is InChI=1S/C30H33BrFN3O6S/c1-20(29(37)33-30(2,3)4)34(18-21-5-7-22(31)8-6-21)28(36)19-35(24-11-9-23(32)10-12-24)42(38,39)25-13-14-26-27(17-25)41-16-15-40-26/h5-14,17,20H,15-16,18-19H2,1-4H3,(H,33,37). The highest BCUT2D eigenvalue weighted by molar-refractivity contribution is 9.10. The lowest BCUT2D eigenvalue weighted by Gasteiger charge is -2.33. The minimum atomic E-state index is -4.36. The summed E-state index contributed by atoms with van der Waals surface area (Å²) < 4.78 is 54.7. The number of carbonyl (C=O) groups excluding carboxylic acids is 2. The van der Waals surface area contributed by atoms with Crippen molar-refractivity contribution in [3.63, 3.8) is 0 Å². The normalized spacial score (nSPS) is 13.7. The highest BCUT2D eigenvalue weighted by Crippen LogP contribution is 2.34. The second-order valence-corrected chi connectivity index (χ2v) is 13.6. The molecule has 1 unspecified atom stereocenters. The zero-order valence-corrected chi connectivity index (χ0v) is 26.2. The maximum absolute atomic E-state index is 14.0. The van der Waals surface area contributed by atoms with Gasteiger partial charge in [0.2, 0.25) is 11.8 Å². The van der Waals surface area contributed by atoms with Crippen LogP contribution in [0.15, 0.2) is 76.1 Å². The third-order valence-electron chi connectivity index (χ3n) is 6.43. The highest BCUT2D eigenvalue weighted by Gasteiger charge is 2.34. The molecule has 2 amide bonds. The topological polar surface area (TPSA) is 105 Å². The molecule has 0 saturated carbocycles. The first kappa shape index (κ1) is 31.3. The molecule has 1 aliphatic heterocycles. The van der Waals surface area contributed by atoms with Crippen molar-refractivity contribution in [1.82, 2.24) is 10.2 Å². The molecule has 0 saturated heterocycles. The van der Waals surface area contributed by atoms with E-state index in [1.165, 1.54) is 35.2 Å². The Morgan fingerprint density at radius 2 is 1.60 bits per heavy atom. The lowest BCUT2D eigenvalue weighted by molar-refractivity contribution is -0.140. The van der Waals surface area contributed by atoms with Gasteiger partial charge in [0, 0.05) is 22.6 Å². The molecule has 0 spiro atoms. The number of fused-ring (bicyclic) bond motifs is 1. The summed E-state index contributed by atoms with van der Waals surface area (Å²) in [6.45, 7) is 7.08. The van der Waals surface area contributed by atoms with Crippen LogP contribution in [0.1, 0.15) is 33.3 Å². The van der Waals surface area contributed by atoms with Crippen molar-refractivity contribution in [3.8, 4) is 11.5 Å². The molecule has 0 aromatic heterocycles. The van der Waals surface area contributed by atoms with Crippen molar-refractivity contribution in [3.05, 3.63) is 82.6 Å². The van der Waals surface area contributed by atoms with Gasteiger partial charge >= 0.3 is 0 Å². The third kappa shape index (κ3) is 7.60. The van der Waals surface area contributed by atoms with Gasteiger partial charge < -0.3 is 19.7 Å². The van der Waals surface area contributed by atoms with Crippen LogP contribution < -0.4 is 19.1 Å². The molecule has 1 aliphatic rings. The van der Waals surface area contributed by atoms with E-state index in [-0.39, 0.29) is 29.5 Å². The number of nitrogens with zero attached hydrogens (tertiary/aromatic N) is 2. The lowest BCUT2D eigenvalue weighted by Crippen LogP contribution is -2.54. The van der Waals surface area contributed by atoms with Crippen LogP contribution in [-0.2, 0) is 26.2 Å². The molecule has 1 N–H and O–H groups in total. The van der Waals surface area contributed by atoms with E-state index in [1.54, 1.807) is 6.92 Å². The highest BCUT2D eigenvalue weighted by atomic mass is 79.9. The van der Waals surface area contributed by atoms with Crippen molar-refractivity contribution in [2.45, 2.75) is 50.7 Å². The molecule has 3 aromatic rings. The van der Waals surface area contributed by atoms with E-state index in [4.69, 9.17) is 9.47 Å². The van der Waals surface area contributed by atoms with Gasteiger partial charge in [0.05, 0.1) is 10.6 Å². The Balaban J connectivity index is 1.72. The molecule has 0 bridgehead atoms. The van der Waals surface area contributed by atoms with Crippen molar-refractivity contribution in [2.24, 2.45) is 0 Å². The van der Waals surface area contributed by atoms with E-state index < -0.39 is 45.8 Å². The fraction of sp³-hybridized carbons (Fsp3) is 0.333. The van der Waals surface area contributed by atoms with Crippen molar-refractivity contribution < 1.29 is 31.9 Å². The average molecular weight is 663 g/mol. The molecule has 0 aliphatic carbocycles. The van der Waals surface area contributed by atoms with Crippen LogP contribution in [0.4, 0.5) is 10.1 Å². The first-order chi connectivity index (χ1) is 19.7. The van der Waals surface area contributed by atoms with Gasteiger partial charge in [-0.15, -0.1) is 0 Å². The van der Waals surface area contributed by atoms with Gasteiger partial charge in [-0.1, -0.05) is 28.1 Å². The van der Waals surface area contributed by atoms with Crippen LogP contribution in [0.25, 0.3) is 0 Å². The number of halogens is 2. The zero-order chi connectivity index (χ0) is 30.7. The largest absolute Gasteiger partial charge is 0.486 e. The summed E-state index contributed by atoms with van der Waals surface area (Å²) in [4.78, 5) is 28.4. The van der Waals surface area contributed by atoms with Crippen LogP contribution in [0, 0.1) is 5.82 Å². The maximum atomic E-state index is 14.0. The molecule has 0 fully saturated rings. The monoisotopic (exact) mass is 661 g/mol. The van der Waals surface area contributed by atoms with Crippen LogP contribution in [-0.4, -0.2) is 56.5 Å². The second kappa shape index (κ2) is 12.7. The summed E-state index contributed by atoms with van der Waals surface area (Å²) in [7, 11) is -4.36. The first-order valence-corrected chi connectivity index (χ1v) is 15.5. The van der Waals surface area contributed by atoms with Gasteiger partial charge in [0.1, 0.15) is 31.6 Å². The van der Waals surface area contributed by atoms with E-state index in [0.29, 0.717) is 12.4 Å². The number of hydrogen-bond donors (Lipinski definition) is 1. The van der Waals surface area contributed by atoms with Crippen molar-refractivity contribution in [1.29, 1.82) is 0 Å². The quantitative estimate of drug-likeness (QED) is 0.350.